The minimum atomic E-state index is 0.233. The van der Waals surface area contributed by atoms with Crippen molar-refractivity contribution in [2.45, 2.75) is 43.8 Å². The standard InChI is InChI=1S/C16H20ClN3S/c1-9-10(2)19-16(20-11(9)3)21-13-6-7-14(12(4)18-5)15(17)8-13/h6-8,12,18H,1-5H3. The average Bonchev–Trinajstić information content (AvgIpc) is 2.44. The fraction of sp³-hybridized carbons (Fsp3) is 0.375. The zero-order valence-electron chi connectivity index (χ0n) is 13.0. The maximum Gasteiger partial charge on any atom is 0.192 e. The lowest BCUT2D eigenvalue weighted by atomic mass is 10.1. The van der Waals surface area contributed by atoms with Gasteiger partial charge in [-0.05, 0) is 69.8 Å². The Labute approximate surface area is 135 Å². The summed E-state index contributed by atoms with van der Waals surface area (Å²) in [5.74, 6) is 0. The van der Waals surface area contributed by atoms with E-state index in [1.807, 2.05) is 33.9 Å². The quantitative estimate of drug-likeness (QED) is 0.842. The molecule has 112 valence electrons. The van der Waals surface area contributed by atoms with Crippen LogP contribution in [0.1, 0.15) is 35.5 Å². The van der Waals surface area contributed by atoms with Crippen molar-refractivity contribution in [2.75, 3.05) is 7.05 Å². The van der Waals surface area contributed by atoms with E-state index >= 15 is 0 Å². The molecule has 0 aliphatic carbocycles. The van der Waals surface area contributed by atoms with Gasteiger partial charge in [-0.3, -0.25) is 0 Å². The Bertz CT molecular complexity index is 635. The average molecular weight is 322 g/mol. The highest BCUT2D eigenvalue weighted by molar-refractivity contribution is 7.99. The third-order valence-corrected chi connectivity index (χ3v) is 4.87. The topological polar surface area (TPSA) is 37.8 Å². The fourth-order valence-corrected chi connectivity index (χ4v) is 3.27. The minimum absolute atomic E-state index is 0.233. The predicted molar refractivity (Wildman–Crippen MR) is 89.3 cm³/mol. The van der Waals surface area contributed by atoms with Gasteiger partial charge in [-0.2, -0.15) is 0 Å². The van der Waals surface area contributed by atoms with E-state index in [-0.39, 0.29) is 6.04 Å². The van der Waals surface area contributed by atoms with Gasteiger partial charge in [0.2, 0.25) is 0 Å². The summed E-state index contributed by atoms with van der Waals surface area (Å²) in [4.78, 5) is 10.1. The maximum atomic E-state index is 6.36. The second-order valence-corrected chi connectivity index (χ2v) is 6.55. The van der Waals surface area contributed by atoms with Gasteiger partial charge < -0.3 is 5.32 Å². The SMILES string of the molecule is CNC(C)c1ccc(Sc2nc(C)c(C)c(C)n2)cc1Cl. The van der Waals surface area contributed by atoms with Crippen LogP contribution in [-0.4, -0.2) is 17.0 Å². The summed E-state index contributed by atoms with van der Waals surface area (Å²) in [6.07, 6.45) is 0. The van der Waals surface area contributed by atoms with Gasteiger partial charge in [0.05, 0.1) is 0 Å². The molecular formula is C16H20ClN3S. The molecule has 0 fully saturated rings. The Morgan fingerprint density at radius 1 is 1.14 bits per heavy atom. The number of benzene rings is 1. The van der Waals surface area contributed by atoms with Crippen LogP contribution < -0.4 is 5.32 Å². The van der Waals surface area contributed by atoms with E-state index in [0.29, 0.717) is 0 Å². The van der Waals surface area contributed by atoms with Gasteiger partial charge in [0.1, 0.15) is 0 Å². The molecule has 0 aliphatic heterocycles. The first-order valence-corrected chi connectivity index (χ1v) is 8.08. The number of aromatic nitrogens is 2. The summed E-state index contributed by atoms with van der Waals surface area (Å²) < 4.78 is 0. The Morgan fingerprint density at radius 2 is 1.76 bits per heavy atom. The van der Waals surface area contributed by atoms with E-state index in [0.717, 1.165) is 37.6 Å². The third kappa shape index (κ3) is 3.76. The van der Waals surface area contributed by atoms with Gasteiger partial charge in [0.15, 0.2) is 5.16 Å². The van der Waals surface area contributed by atoms with Crippen LogP contribution in [0.15, 0.2) is 28.3 Å². The first kappa shape index (κ1) is 16.3. The molecule has 21 heavy (non-hydrogen) atoms. The van der Waals surface area contributed by atoms with E-state index in [1.165, 1.54) is 11.8 Å². The molecule has 3 nitrogen and oxygen atoms in total. The van der Waals surface area contributed by atoms with Crippen LogP contribution >= 0.6 is 23.4 Å². The van der Waals surface area contributed by atoms with Crippen LogP contribution in [0.2, 0.25) is 5.02 Å². The molecule has 1 aromatic heterocycles. The third-order valence-electron chi connectivity index (χ3n) is 3.69. The Hall–Kier alpha value is -1.10. The second-order valence-electron chi connectivity index (χ2n) is 5.10. The lowest BCUT2D eigenvalue weighted by molar-refractivity contribution is 0.652. The van der Waals surface area contributed by atoms with Crippen LogP contribution in [-0.2, 0) is 0 Å². The van der Waals surface area contributed by atoms with Crippen molar-refractivity contribution in [1.29, 1.82) is 0 Å². The molecule has 0 amide bonds. The van der Waals surface area contributed by atoms with Crippen molar-refractivity contribution < 1.29 is 0 Å². The highest BCUT2D eigenvalue weighted by Gasteiger charge is 2.10. The molecule has 1 aromatic carbocycles. The molecule has 0 radical (unpaired) electrons. The number of halogens is 1. The first-order chi connectivity index (χ1) is 9.92. The largest absolute Gasteiger partial charge is 0.313 e. The summed E-state index contributed by atoms with van der Waals surface area (Å²) >= 11 is 7.90. The van der Waals surface area contributed by atoms with Gasteiger partial charge in [0, 0.05) is 27.3 Å². The normalized spacial score (nSPS) is 12.5. The Kier molecular flexibility index (Phi) is 5.25. The number of rotatable bonds is 4. The van der Waals surface area contributed by atoms with Crippen molar-refractivity contribution >= 4 is 23.4 Å². The molecule has 0 saturated carbocycles. The van der Waals surface area contributed by atoms with E-state index in [2.05, 4.69) is 34.3 Å². The van der Waals surface area contributed by atoms with Crippen LogP contribution in [0.25, 0.3) is 0 Å². The van der Waals surface area contributed by atoms with Gasteiger partial charge >= 0.3 is 0 Å². The monoisotopic (exact) mass is 321 g/mol. The van der Waals surface area contributed by atoms with Crippen molar-refractivity contribution in [3.8, 4) is 0 Å². The second kappa shape index (κ2) is 6.77. The summed E-state index contributed by atoms with van der Waals surface area (Å²) in [6.45, 7) is 8.16. The number of aryl methyl sites for hydroxylation is 2. The number of hydrogen-bond donors (Lipinski definition) is 1. The zero-order chi connectivity index (χ0) is 15.6. The smallest absolute Gasteiger partial charge is 0.192 e. The summed E-state index contributed by atoms with van der Waals surface area (Å²) in [5, 5.41) is 4.73. The molecular weight excluding hydrogens is 302 g/mol. The van der Waals surface area contributed by atoms with Crippen LogP contribution in [0.4, 0.5) is 0 Å². The van der Waals surface area contributed by atoms with Gasteiger partial charge in [-0.15, -0.1) is 0 Å². The highest BCUT2D eigenvalue weighted by Crippen LogP contribution is 2.31. The molecule has 0 saturated heterocycles. The predicted octanol–water partition coefficient (Wildman–Crippen LogP) is 4.49. The molecule has 0 bridgehead atoms. The molecule has 1 atom stereocenters. The maximum absolute atomic E-state index is 6.36. The van der Waals surface area contributed by atoms with Crippen LogP contribution in [0.5, 0.6) is 0 Å². The van der Waals surface area contributed by atoms with E-state index in [9.17, 15) is 0 Å². The van der Waals surface area contributed by atoms with Crippen LogP contribution in [0, 0.1) is 20.8 Å². The first-order valence-electron chi connectivity index (χ1n) is 6.88. The summed E-state index contributed by atoms with van der Waals surface area (Å²) in [6, 6.07) is 6.33. The van der Waals surface area contributed by atoms with E-state index in [1.54, 1.807) is 0 Å². The number of nitrogens with one attached hydrogen (secondary N) is 1. The molecule has 1 unspecified atom stereocenters. The molecule has 0 aliphatic rings. The Balaban J connectivity index is 2.26. The van der Waals surface area contributed by atoms with Crippen molar-refractivity contribution in [2.24, 2.45) is 0 Å². The van der Waals surface area contributed by atoms with Crippen molar-refractivity contribution in [3.05, 3.63) is 45.7 Å². The van der Waals surface area contributed by atoms with E-state index < -0.39 is 0 Å². The van der Waals surface area contributed by atoms with Gasteiger partial charge in [-0.25, -0.2) is 9.97 Å². The molecule has 5 heteroatoms. The van der Waals surface area contributed by atoms with Crippen molar-refractivity contribution in [3.63, 3.8) is 0 Å². The lowest BCUT2D eigenvalue weighted by Gasteiger charge is -2.13. The number of nitrogens with zero attached hydrogens (tertiary/aromatic N) is 2. The van der Waals surface area contributed by atoms with Crippen molar-refractivity contribution in [1.82, 2.24) is 15.3 Å². The van der Waals surface area contributed by atoms with Gasteiger partial charge in [0.25, 0.3) is 0 Å². The Morgan fingerprint density at radius 3 is 2.29 bits per heavy atom. The van der Waals surface area contributed by atoms with Crippen LogP contribution in [0.3, 0.4) is 0 Å². The zero-order valence-corrected chi connectivity index (χ0v) is 14.6. The molecule has 1 heterocycles. The molecule has 0 spiro atoms. The lowest BCUT2D eigenvalue weighted by Crippen LogP contribution is -2.12. The van der Waals surface area contributed by atoms with E-state index in [4.69, 9.17) is 11.6 Å². The molecule has 2 aromatic rings. The number of hydrogen-bond acceptors (Lipinski definition) is 4. The fourth-order valence-electron chi connectivity index (χ4n) is 1.97. The molecule has 2 rings (SSSR count). The minimum Gasteiger partial charge on any atom is -0.313 e. The summed E-state index contributed by atoms with van der Waals surface area (Å²) in [5.41, 5.74) is 4.30. The summed E-state index contributed by atoms with van der Waals surface area (Å²) in [7, 11) is 1.93. The highest BCUT2D eigenvalue weighted by atomic mass is 35.5. The molecule has 1 N–H and O–H groups in total. The van der Waals surface area contributed by atoms with Gasteiger partial charge in [-0.1, -0.05) is 17.7 Å².